The third kappa shape index (κ3) is 7.05. The van der Waals surface area contributed by atoms with Crippen molar-refractivity contribution in [3.8, 4) is 0 Å². The van der Waals surface area contributed by atoms with E-state index in [9.17, 15) is 4.79 Å². The summed E-state index contributed by atoms with van der Waals surface area (Å²) >= 11 is 1.08. The number of rotatable bonds is 8. The number of carbonyl (C=O) groups is 1. The summed E-state index contributed by atoms with van der Waals surface area (Å²) in [7, 11) is 1.36. The van der Waals surface area contributed by atoms with Crippen molar-refractivity contribution >= 4 is 17.9 Å². The average molecular weight is 251 g/mol. The van der Waals surface area contributed by atoms with E-state index in [0.29, 0.717) is 5.75 Å². The number of amides is 1. The lowest BCUT2D eigenvalue weighted by Gasteiger charge is -2.26. The fourth-order valence-electron chi connectivity index (χ4n) is 0.897. The SMILES string of the molecule is CCC(C)C(=O)NC(C)(C)CSOOOC. The number of hydrogen-bond donors (Lipinski definition) is 1. The Morgan fingerprint density at radius 3 is 2.62 bits per heavy atom. The Hall–Kier alpha value is -0.300. The standard InChI is InChI=1S/C10H21NO4S/c1-6-8(2)9(12)11-10(3,4)7-16-15-14-13-5/h8H,6-7H2,1-5H3,(H,11,12). The molecule has 6 heteroatoms. The Labute approximate surface area is 101 Å². The van der Waals surface area contributed by atoms with Gasteiger partial charge < -0.3 is 5.32 Å². The maximum Gasteiger partial charge on any atom is 0.223 e. The van der Waals surface area contributed by atoms with E-state index in [4.69, 9.17) is 0 Å². The fourth-order valence-corrected chi connectivity index (χ4v) is 1.41. The van der Waals surface area contributed by atoms with Crippen molar-refractivity contribution in [2.75, 3.05) is 12.9 Å². The van der Waals surface area contributed by atoms with Crippen molar-refractivity contribution in [1.29, 1.82) is 0 Å². The quantitative estimate of drug-likeness (QED) is 0.310. The summed E-state index contributed by atoms with van der Waals surface area (Å²) in [6.45, 7) is 7.75. The Bertz CT molecular complexity index is 211. The third-order valence-electron chi connectivity index (χ3n) is 2.09. The molecule has 5 nitrogen and oxygen atoms in total. The molecule has 0 aromatic rings. The second kappa shape index (κ2) is 7.89. The lowest BCUT2D eigenvalue weighted by Crippen LogP contribution is -2.47. The summed E-state index contributed by atoms with van der Waals surface area (Å²) in [6, 6.07) is 0. The highest BCUT2D eigenvalue weighted by molar-refractivity contribution is 7.94. The Morgan fingerprint density at radius 2 is 2.12 bits per heavy atom. The normalized spacial score (nSPS) is 13.6. The van der Waals surface area contributed by atoms with Crippen molar-refractivity contribution < 1.29 is 19.1 Å². The van der Waals surface area contributed by atoms with E-state index in [1.54, 1.807) is 0 Å². The monoisotopic (exact) mass is 251 g/mol. The zero-order chi connectivity index (χ0) is 12.6. The van der Waals surface area contributed by atoms with Crippen molar-refractivity contribution in [3.63, 3.8) is 0 Å². The third-order valence-corrected chi connectivity index (χ3v) is 3.08. The number of carbonyl (C=O) groups excluding carboxylic acids is 1. The minimum atomic E-state index is -0.345. The number of nitrogens with one attached hydrogen (secondary N) is 1. The first kappa shape index (κ1) is 15.7. The van der Waals surface area contributed by atoms with E-state index in [0.717, 1.165) is 18.5 Å². The van der Waals surface area contributed by atoms with Crippen molar-refractivity contribution in [1.82, 2.24) is 5.32 Å². The van der Waals surface area contributed by atoms with Crippen LogP contribution in [0.1, 0.15) is 34.1 Å². The summed E-state index contributed by atoms with van der Waals surface area (Å²) in [5, 5.41) is 7.20. The molecule has 0 saturated heterocycles. The summed E-state index contributed by atoms with van der Waals surface area (Å²) in [6.07, 6.45) is 0.832. The van der Waals surface area contributed by atoms with Crippen LogP contribution in [0.5, 0.6) is 0 Å². The minimum absolute atomic E-state index is 0.0282. The van der Waals surface area contributed by atoms with E-state index in [1.165, 1.54) is 7.11 Å². The molecule has 16 heavy (non-hydrogen) atoms. The zero-order valence-corrected chi connectivity index (χ0v) is 11.3. The Kier molecular flexibility index (Phi) is 7.74. The van der Waals surface area contributed by atoms with Crippen LogP contribution in [-0.2, 0) is 19.1 Å². The van der Waals surface area contributed by atoms with E-state index in [-0.39, 0.29) is 17.4 Å². The minimum Gasteiger partial charge on any atom is -0.350 e. The summed E-state index contributed by atoms with van der Waals surface area (Å²) in [5.74, 6) is 0.652. The van der Waals surface area contributed by atoms with Crippen LogP contribution in [0, 0.1) is 5.92 Å². The lowest BCUT2D eigenvalue weighted by atomic mass is 10.0. The van der Waals surface area contributed by atoms with Gasteiger partial charge in [-0.1, -0.05) is 18.9 Å². The van der Waals surface area contributed by atoms with Gasteiger partial charge in [0.25, 0.3) is 0 Å². The molecule has 0 saturated carbocycles. The number of hydrogen-bond acceptors (Lipinski definition) is 5. The molecule has 1 unspecified atom stereocenters. The van der Waals surface area contributed by atoms with Gasteiger partial charge in [0, 0.05) is 29.3 Å². The smallest absolute Gasteiger partial charge is 0.223 e. The molecule has 0 aliphatic heterocycles. The second-order valence-corrected chi connectivity index (χ2v) is 4.91. The second-order valence-electron chi connectivity index (χ2n) is 4.25. The Morgan fingerprint density at radius 1 is 1.50 bits per heavy atom. The van der Waals surface area contributed by atoms with E-state index in [2.05, 4.69) is 19.6 Å². The van der Waals surface area contributed by atoms with Gasteiger partial charge in [-0.15, -0.1) is 4.33 Å². The predicted octanol–water partition coefficient (Wildman–Crippen LogP) is 2.09. The van der Waals surface area contributed by atoms with Gasteiger partial charge in [-0.05, 0) is 20.3 Å². The summed E-state index contributed by atoms with van der Waals surface area (Å²) in [4.78, 5) is 15.9. The van der Waals surface area contributed by atoms with Crippen LogP contribution in [0.15, 0.2) is 0 Å². The van der Waals surface area contributed by atoms with Crippen LogP contribution < -0.4 is 5.32 Å². The van der Waals surface area contributed by atoms with E-state index in [1.807, 2.05) is 27.7 Å². The highest BCUT2D eigenvalue weighted by atomic mass is 32.2. The van der Waals surface area contributed by atoms with E-state index < -0.39 is 0 Å². The Balaban J connectivity index is 3.89. The molecule has 1 atom stereocenters. The zero-order valence-electron chi connectivity index (χ0n) is 10.5. The summed E-state index contributed by atoms with van der Waals surface area (Å²) in [5.41, 5.74) is -0.345. The van der Waals surface area contributed by atoms with Crippen molar-refractivity contribution in [2.45, 2.75) is 39.7 Å². The first-order chi connectivity index (χ1) is 7.43. The van der Waals surface area contributed by atoms with Gasteiger partial charge in [0.1, 0.15) is 0 Å². The first-order valence-electron chi connectivity index (χ1n) is 5.24. The molecule has 0 spiro atoms. The van der Waals surface area contributed by atoms with Crippen LogP contribution >= 0.6 is 12.0 Å². The highest BCUT2D eigenvalue weighted by Gasteiger charge is 2.23. The van der Waals surface area contributed by atoms with Crippen LogP contribution in [0.25, 0.3) is 0 Å². The van der Waals surface area contributed by atoms with Gasteiger partial charge in [-0.3, -0.25) is 4.79 Å². The van der Waals surface area contributed by atoms with Crippen molar-refractivity contribution in [3.05, 3.63) is 0 Å². The maximum atomic E-state index is 11.7. The van der Waals surface area contributed by atoms with Gasteiger partial charge in [0.2, 0.25) is 5.91 Å². The first-order valence-corrected chi connectivity index (χ1v) is 6.15. The molecule has 0 aromatic heterocycles. The molecule has 0 radical (unpaired) electrons. The molecule has 0 aliphatic carbocycles. The van der Waals surface area contributed by atoms with Crippen LogP contribution in [0.3, 0.4) is 0 Å². The van der Waals surface area contributed by atoms with Crippen molar-refractivity contribution in [2.24, 2.45) is 5.92 Å². The topological polar surface area (TPSA) is 56.8 Å². The van der Waals surface area contributed by atoms with Crippen LogP contribution in [0.4, 0.5) is 0 Å². The molecule has 0 bridgehead atoms. The molecule has 1 N–H and O–H groups in total. The molecule has 0 fully saturated rings. The van der Waals surface area contributed by atoms with Gasteiger partial charge in [0.15, 0.2) is 0 Å². The van der Waals surface area contributed by atoms with Crippen LogP contribution in [0.2, 0.25) is 0 Å². The molecular weight excluding hydrogens is 230 g/mol. The largest absolute Gasteiger partial charge is 0.350 e. The molecular formula is C10H21NO4S. The van der Waals surface area contributed by atoms with Gasteiger partial charge >= 0.3 is 0 Å². The van der Waals surface area contributed by atoms with E-state index >= 15 is 0 Å². The van der Waals surface area contributed by atoms with Gasteiger partial charge in [-0.25, -0.2) is 4.89 Å². The van der Waals surface area contributed by atoms with Crippen LogP contribution in [-0.4, -0.2) is 24.3 Å². The predicted molar refractivity (Wildman–Crippen MR) is 63.3 cm³/mol. The fraction of sp³-hybridized carbons (Fsp3) is 0.900. The summed E-state index contributed by atoms with van der Waals surface area (Å²) < 4.78 is 4.63. The molecule has 1 amide bonds. The average Bonchev–Trinajstić information content (AvgIpc) is 2.22. The molecule has 96 valence electrons. The molecule has 0 aliphatic rings. The highest BCUT2D eigenvalue weighted by Crippen LogP contribution is 2.15. The van der Waals surface area contributed by atoms with Gasteiger partial charge in [-0.2, -0.15) is 0 Å². The van der Waals surface area contributed by atoms with Gasteiger partial charge in [0.05, 0.1) is 7.11 Å². The molecule has 0 aromatic carbocycles. The maximum absolute atomic E-state index is 11.7. The molecule has 0 rings (SSSR count). The molecule has 0 heterocycles. The lowest BCUT2D eigenvalue weighted by molar-refractivity contribution is -0.447.